The summed E-state index contributed by atoms with van der Waals surface area (Å²) in [4.78, 5) is 16.5. The van der Waals surface area contributed by atoms with Crippen LogP contribution in [0, 0.1) is 17.6 Å². The van der Waals surface area contributed by atoms with Gasteiger partial charge in [0.1, 0.15) is 12.3 Å². The molecular formula is C20H23F2N3O5S. The highest BCUT2D eigenvalue weighted by Gasteiger charge is 2.32. The van der Waals surface area contributed by atoms with Crippen LogP contribution >= 0.6 is 0 Å². The topological polar surface area (TPSA) is 97.8 Å². The van der Waals surface area contributed by atoms with E-state index in [0.29, 0.717) is 18.4 Å². The molecule has 2 aromatic rings. The maximum absolute atomic E-state index is 13.4. The molecule has 0 radical (unpaired) electrons. The summed E-state index contributed by atoms with van der Waals surface area (Å²) in [5.74, 6) is -2.75. The summed E-state index contributed by atoms with van der Waals surface area (Å²) in [5, 5.41) is 2.78. The van der Waals surface area contributed by atoms with Crippen LogP contribution in [-0.4, -0.2) is 57.0 Å². The molecule has 0 unspecified atom stereocenters. The van der Waals surface area contributed by atoms with Crippen molar-refractivity contribution in [2.24, 2.45) is 5.92 Å². The molecule has 0 bridgehead atoms. The lowest BCUT2D eigenvalue weighted by molar-refractivity contribution is -0.120. The van der Waals surface area contributed by atoms with Crippen LogP contribution < -0.4 is 10.1 Å². The molecule has 1 amide bonds. The number of carbonyl (C=O) groups is 1. The number of amides is 1. The van der Waals surface area contributed by atoms with Gasteiger partial charge in [-0.15, -0.1) is 0 Å². The van der Waals surface area contributed by atoms with Gasteiger partial charge in [0.15, 0.2) is 11.6 Å². The number of hydrogen-bond acceptors (Lipinski definition) is 6. The number of carbonyl (C=O) groups excluding carboxylic acids is 1. The van der Waals surface area contributed by atoms with Crippen molar-refractivity contribution in [1.82, 2.24) is 9.29 Å². The first-order valence-electron chi connectivity index (χ1n) is 9.65. The molecule has 1 aromatic carbocycles. The Balaban J connectivity index is 1.61. The Hall–Kier alpha value is -2.63. The average Bonchev–Trinajstić information content (AvgIpc) is 2.77. The first kappa shape index (κ1) is 23.0. The molecule has 1 aliphatic heterocycles. The van der Waals surface area contributed by atoms with Crippen molar-refractivity contribution >= 4 is 21.6 Å². The number of rotatable bonds is 8. The van der Waals surface area contributed by atoms with E-state index in [1.54, 1.807) is 25.4 Å². The number of aromatic nitrogens is 1. The monoisotopic (exact) mass is 455 g/mol. The van der Waals surface area contributed by atoms with Crippen LogP contribution in [0.25, 0.3) is 0 Å². The second kappa shape index (κ2) is 10.1. The van der Waals surface area contributed by atoms with Crippen LogP contribution in [0.2, 0.25) is 0 Å². The van der Waals surface area contributed by atoms with Gasteiger partial charge in [-0.05, 0) is 43.2 Å². The lowest BCUT2D eigenvalue weighted by Gasteiger charge is -2.30. The number of anilines is 1. The Morgan fingerprint density at radius 3 is 2.61 bits per heavy atom. The van der Waals surface area contributed by atoms with Gasteiger partial charge in [-0.1, -0.05) is 0 Å². The minimum absolute atomic E-state index is 0.0870. The van der Waals surface area contributed by atoms with Crippen LogP contribution in [0.3, 0.4) is 0 Å². The van der Waals surface area contributed by atoms with E-state index in [1.165, 1.54) is 4.31 Å². The number of ether oxygens (including phenoxy) is 2. The molecular weight excluding hydrogens is 432 g/mol. The summed E-state index contributed by atoms with van der Waals surface area (Å²) in [6.45, 7) is 0.818. The number of pyridine rings is 1. The Morgan fingerprint density at radius 1 is 1.19 bits per heavy atom. The SMILES string of the molecule is COCCOc1ncccc1NC(=O)C1CCN(S(=O)(=O)c2ccc(F)c(F)c2)CC1. The van der Waals surface area contributed by atoms with Crippen molar-refractivity contribution in [3.05, 3.63) is 48.2 Å². The van der Waals surface area contributed by atoms with Gasteiger partial charge in [-0.3, -0.25) is 4.79 Å². The van der Waals surface area contributed by atoms with E-state index < -0.39 is 27.6 Å². The van der Waals surface area contributed by atoms with Crippen molar-refractivity contribution in [3.63, 3.8) is 0 Å². The summed E-state index contributed by atoms with van der Waals surface area (Å²) in [7, 11) is -2.43. The third kappa shape index (κ3) is 5.54. The molecule has 0 atom stereocenters. The number of piperidine rings is 1. The Morgan fingerprint density at radius 2 is 1.94 bits per heavy atom. The highest BCUT2D eigenvalue weighted by molar-refractivity contribution is 7.89. The quantitative estimate of drug-likeness (QED) is 0.614. The number of halogens is 2. The second-order valence-electron chi connectivity index (χ2n) is 6.94. The minimum Gasteiger partial charge on any atom is -0.474 e. The standard InChI is InChI=1S/C20H23F2N3O5S/c1-29-11-12-30-20-18(3-2-8-23-20)24-19(26)14-6-9-25(10-7-14)31(27,28)15-4-5-16(21)17(22)13-15/h2-5,8,13-14H,6-7,9-12H2,1H3,(H,24,26). The van der Waals surface area contributed by atoms with Gasteiger partial charge in [0.25, 0.3) is 0 Å². The lowest BCUT2D eigenvalue weighted by atomic mass is 9.97. The molecule has 1 aromatic heterocycles. The molecule has 168 valence electrons. The first-order chi connectivity index (χ1) is 14.8. The molecule has 8 nitrogen and oxygen atoms in total. The van der Waals surface area contributed by atoms with E-state index in [4.69, 9.17) is 9.47 Å². The molecule has 0 spiro atoms. The number of sulfonamides is 1. The molecule has 0 saturated carbocycles. The fourth-order valence-electron chi connectivity index (χ4n) is 3.20. The van der Waals surface area contributed by atoms with Crippen LogP contribution in [0.15, 0.2) is 41.4 Å². The molecule has 31 heavy (non-hydrogen) atoms. The molecule has 2 heterocycles. The van der Waals surface area contributed by atoms with E-state index in [-0.39, 0.29) is 49.2 Å². The Bertz CT molecular complexity index is 1030. The van der Waals surface area contributed by atoms with Crippen molar-refractivity contribution < 1.29 is 31.5 Å². The fraction of sp³-hybridized carbons (Fsp3) is 0.400. The largest absolute Gasteiger partial charge is 0.474 e. The Kier molecular flexibility index (Phi) is 7.52. The van der Waals surface area contributed by atoms with Crippen molar-refractivity contribution in [1.29, 1.82) is 0 Å². The van der Waals surface area contributed by atoms with Gasteiger partial charge in [-0.25, -0.2) is 22.2 Å². The predicted octanol–water partition coefficient (Wildman–Crippen LogP) is 2.42. The first-order valence-corrected chi connectivity index (χ1v) is 11.1. The molecule has 1 aliphatic rings. The van der Waals surface area contributed by atoms with Crippen LogP contribution in [-0.2, 0) is 19.6 Å². The number of nitrogens with zero attached hydrogens (tertiary/aromatic N) is 2. The Labute approximate surface area is 179 Å². The number of nitrogens with one attached hydrogen (secondary N) is 1. The summed E-state index contributed by atoms with van der Waals surface area (Å²) >= 11 is 0. The maximum Gasteiger partial charge on any atom is 0.243 e. The zero-order valence-corrected chi connectivity index (χ0v) is 17.7. The zero-order valence-electron chi connectivity index (χ0n) is 16.9. The number of benzene rings is 1. The fourth-order valence-corrected chi connectivity index (χ4v) is 4.68. The van der Waals surface area contributed by atoms with Gasteiger partial charge >= 0.3 is 0 Å². The molecule has 3 rings (SSSR count). The van der Waals surface area contributed by atoms with Gasteiger partial charge in [-0.2, -0.15) is 4.31 Å². The molecule has 0 aliphatic carbocycles. The van der Waals surface area contributed by atoms with Crippen molar-refractivity contribution in [3.8, 4) is 5.88 Å². The minimum atomic E-state index is -3.98. The highest BCUT2D eigenvalue weighted by atomic mass is 32.2. The zero-order chi connectivity index (χ0) is 22.4. The predicted molar refractivity (Wildman–Crippen MR) is 108 cm³/mol. The number of methoxy groups -OCH3 is 1. The van der Waals surface area contributed by atoms with Crippen LogP contribution in [0.5, 0.6) is 5.88 Å². The van der Waals surface area contributed by atoms with Gasteiger partial charge in [0, 0.05) is 32.3 Å². The van der Waals surface area contributed by atoms with E-state index in [1.807, 2.05) is 0 Å². The normalized spacial score (nSPS) is 15.6. The van der Waals surface area contributed by atoms with Crippen LogP contribution in [0.1, 0.15) is 12.8 Å². The highest BCUT2D eigenvalue weighted by Crippen LogP contribution is 2.27. The summed E-state index contributed by atoms with van der Waals surface area (Å²) < 4.78 is 63.5. The van der Waals surface area contributed by atoms with Crippen LogP contribution in [0.4, 0.5) is 14.5 Å². The molecule has 1 N–H and O–H groups in total. The maximum atomic E-state index is 13.4. The average molecular weight is 455 g/mol. The summed E-state index contributed by atoms with van der Waals surface area (Å²) in [5.41, 5.74) is 0.417. The van der Waals surface area contributed by atoms with Crippen molar-refractivity contribution in [2.45, 2.75) is 17.7 Å². The van der Waals surface area contributed by atoms with E-state index in [2.05, 4.69) is 10.3 Å². The van der Waals surface area contributed by atoms with E-state index in [0.717, 1.165) is 12.1 Å². The van der Waals surface area contributed by atoms with Gasteiger partial charge < -0.3 is 14.8 Å². The molecule has 11 heteroatoms. The molecule has 1 saturated heterocycles. The smallest absolute Gasteiger partial charge is 0.243 e. The summed E-state index contributed by atoms with van der Waals surface area (Å²) in [6, 6.07) is 5.80. The number of hydrogen-bond donors (Lipinski definition) is 1. The summed E-state index contributed by atoms with van der Waals surface area (Å²) in [6.07, 6.45) is 2.11. The molecule has 1 fully saturated rings. The third-order valence-electron chi connectivity index (χ3n) is 4.91. The van der Waals surface area contributed by atoms with E-state index >= 15 is 0 Å². The second-order valence-corrected chi connectivity index (χ2v) is 8.88. The van der Waals surface area contributed by atoms with Crippen molar-refractivity contribution in [2.75, 3.05) is 38.7 Å². The van der Waals surface area contributed by atoms with Gasteiger partial charge in [0.2, 0.25) is 21.8 Å². The van der Waals surface area contributed by atoms with Gasteiger partial charge in [0.05, 0.1) is 11.5 Å². The van der Waals surface area contributed by atoms with E-state index in [9.17, 15) is 22.0 Å². The lowest BCUT2D eigenvalue weighted by Crippen LogP contribution is -2.41. The third-order valence-corrected chi connectivity index (χ3v) is 6.80.